The number of benzene rings is 10. The number of ether oxygens (including phenoxy) is 1. The monoisotopic (exact) mass is 1310 g/mol. The number of aromatic nitrogens is 2. The summed E-state index contributed by atoms with van der Waals surface area (Å²) in [7, 11) is 0. The molecular formula is C81H73N4OPt-3. The van der Waals surface area contributed by atoms with Crippen molar-refractivity contribution in [1.29, 1.82) is 0 Å². The Bertz CT molecular complexity index is 4350. The second kappa shape index (κ2) is 23.5. The largest absolute Gasteiger partial charge is 0.509 e. The molecule has 13 rings (SSSR count). The molecule has 10 aromatic carbocycles. The van der Waals surface area contributed by atoms with Crippen LogP contribution in [0, 0.1) is 18.8 Å². The standard InChI is InChI=1S/C81H73N4O.Pt/c1-54(2)69-35-24-36-70(55(3)4)78(69)58-38-42-74-76(46-58)83(53-84(74)66-48-63(80(7,8)60-29-19-13-20-30-60)47-64(49-66)81(9,10)61-31-21-14-22-32-61)65-33-23-34-67(51-65)86-68-39-40-71-72-45-57(56-25-15-11-16-26-56)37-41-73(72)85(75(71)52-68)77-50-62(43-44-82-77)79(5,6)59-27-17-12-18-28-59;/h11-50,53-55H,1-10H3;/q-3;. The molecule has 0 radical (unpaired) electrons. The molecule has 0 saturated carbocycles. The van der Waals surface area contributed by atoms with Gasteiger partial charge in [-0.15, -0.1) is 48.1 Å². The minimum atomic E-state index is -0.308. The molecule has 12 aromatic rings. The molecule has 0 atom stereocenters. The van der Waals surface area contributed by atoms with Gasteiger partial charge in [-0.3, -0.25) is 0 Å². The molecule has 0 N–H and O–H groups in total. The zero-order chi connectivity index (χ0) is 59.5. The predicted molar refractivity (Wildman–Crippen MR) is 359 cm³/mol. The summed E-state index contributed by atoms with van der Waals surface area (Å²) in [6.45, 7) is 25.4. The van der Waals surface area contributed by atoms with E-state index in [0.717, 1.165) is 61.5 Å². The Morgan fingerprint density at radius 3 is 1.57 bits per heavy atom. The average Bonchev–Trinajstić information content (AvgIpc) is 1.90. The van der Waals surface area contributed by atoms with Crippen LogP contribution in [0.5, 0.6) is 11.5 Å². The molecule has 0 fully saturated rings. The van der Waals surface area contributed by atoms with Crippen molar-refractivity contribution in [1.82, 2.24) is 9.55 Å². The second-order valence-corrected chi connectivity index (χ2v) is 25.3. The van der Waals surface area contributed by atoms with Crippen LogP contribution in [0.3, 0.4) is 0 Å². The smallest absolute Gasteiger partial charge is 0.135 e. The Morgan fingerprint density at radius 1 is 0.425 bits per heavy atom. The van der Waals surface area contributed by atoms with Gasteiger partial charge in [0.05, 0.1) is 0 Å². The first kappa shape index (κ1) is 58.6. The third kappa shape index (κ3) is 10.9. The van der Waals surface area contributed by atoms with Crippen LogP contribution in [0.2, 0.25) is 0 Å². The maximum atomic E-state index is 6.97. The van der Waals surface area contributed by atoms with Crippen molar-refractivity contribution in [2.24, 2.45) is 0 Å². The van der Waals surface area contributed by atoms with Crippen molar-refractivity contribution in [2.75, 3.05) is 9.80 Å². The number of fused-ring (bicyclic) bond motifs is 4. The molecule has 0 aliphatic carbocycles. The number of nitrogens with zero attached hydrogens (tertiary/aromatic N) is 4. The molecule has 0 spiro atoms. The van der Waals surface area contributed by atoms with Gasteiger partial charge >= 0.3 is 0 Å². The zero-order valence-electron chi connectivity index (χ0n) is 51.3. The number of anilines is 4. The molecule has 6 heteroatoms. The molecule has 1 aliphatic rings. The van der Waals surface area contributed by atoms with E-state index in [9.17, 15) is 0 Å². The quantitative estimate of drug-likeness (QED) is 0.0958. The number of hydrogen-bond acceptors (Lipinski definition) is 4. The van der Waals surface area contributed by atoms with Crippen molar-refractivity contribution in [3.05, 3.63) is 306 Å². The third-order valence-electron chi connectivity index (χ3n) is 18.2. The van der Waals surface area contributed by atoms with Crippen molar-refractivity contribution >= 4 is 44.6 Å². The van der Waals surface area contributed by atoms with E-state index in [4.69, 9.17) is 9.72 Å². The van der Waals surface area contributed by atoms with Crippen LogP contribution in [0.1, 0.15) is 126 Å². The van der Waals surface area contributed by atoms with Crippen LogP contribution in [0.25, 0.3) is 49.9 Å². The molecule has 2 aromatic heterocycles. The summed E-state index contributed by atoms with van der Waals surface area (Å²) < 4.78 is 9.21. The summed E-state index contributed by atoms with van der Waals surface area (Å²) in [5, 5.41) is 2.17. The van der Waals surface area contributed by atoms with Gasteiger partial charge in [-0.25, -0.2) is 4.98 Å². The second-order valence-electron chi connectivity index (χ2n) is 25.3. The molecule has 0 unspecified atom stereocenters. The number of hydrogen-bond donors (Lipinski definition) is 0. The van der Waals surface area contributed by atoms with Gasteiger partial charge in [0.25, 0.3) is 0 Å². The predicted octanol–water partition coefficient (Wildman–Crippen LogP) is 21.5. The van der Waals surface area contributed by atoms with Gasteiger partial charge in [0.1, 0.15) is 5.82 Å². The molecule has 0 bridgehead atoms. The Kier molecular flexibility index (Phi) is 15.8. The fraction of sp³-hybridized carbons (Fsp3) is 0.185. The molecule has 0 amide bonds. The van der Waals surface area contributed by atoms with Crippen molar-refractivity contribution < 1.29 is 25.8 Å². The maximum Gasteiger partial charge on any atom is 0.135 e. The fourth-order valence-corrected chi connectivity index (χ4v) is 12.9. The van der Waals surface area contributed by atoms with E-state index >= 15 is 0 Å². The molecule has 0 saturated heterocycles. The molecule has 3 heterocycles. The van der Waals surface area contributed by atoms with E-state index in [1.54, 1.807) is 0 Å². The van der Waals surface area contributed by atoms with Crippen LogP contribution in [0.15, 0.2) is 243 Å². The maximum absolute atomic E-state index is 6.97. The molecule has 87 heavy (non-hydrogen) atoms. The normalized spacial score (nSPS) is 12.7. The summed E-state index contributed by atoms with van der Waals surface area (Å²) in [5.41, 5.74) is 20.0. The fourth-order valence-electron chi connectivity index (χ4n) is 12.9. The molecule has 1 aliphatic heterocycles. The number of rotatable bonds is 15. The minimum absolute atomic E-state index is 0. The van der Waals surface area contributed by atoms with Gasteiger partial charge in [0, 0.05) is 77.6 Å². The first-order chi connectivity index (χ1) is 41.5. The summed E-state index contributed by atoms with van der Waals surface area (Å²) in [5.74, 6) is 2.63. The third-order valence-corrected chi connectivity index (χ3v) is 18.2. The van der Waals surface area contributed by atoms with Crippen molar-refractivity contribution in [3.8, 4) is 39.6 Å². The van der Waals surface area contributed by atoms with E-state index < -0.39 is 0 Å². The van der Waals surface area contributed by atoms with Crippen LogP contribution >= 0.6 is 0 Å². The van der Waals surface area contributed by atoms with Gasteiger partial charge in [-0.1, -0.05) is 239 Å². The zero-order valence-corrected chi connectivity index (χ0v) is 53.6. The van der Waals surface area contributed by atoms with Crippen LogP contribution < -0.4 is 14.5 Å². The van der Waals surface area contributed by atoms with Gasteiger partial charge in [0.2, 0.25) is 0 Å². The van der Waals surface area contributed by atoms with Crippen molar-refractivity contribution in [2.45, 2.75) is 97.3 Å². The topological polar surface area (TPSA) is 33.5 Å². The van der Waals surface area contributed by atoms with Gasteiger partial charge in [-0.05, 0) is 126 Å². The van der Waals surface area contributed by atoms with E-state index in [1.165, 1.54) is 55.6 Å². The van der Waals surface area contributed by atoms with E-state index in [1.807, 2.05) is 18.3 Å². The SMILES string of the molecule is CC(C)c1cccc(C(C)C)c1-c1ccc2c(c1)N(c1[c-]c(Oc3[c-]c4c(cc3)c3cc(-c5ccccc5)ccc3n4-c3cc(C(C)(C)c4ccccc4)ccn3)ccc1)[CH-]N2c1cc(C(C)(C)c2ccccc2)cc(C(C)(C)c2ccccc2)c1.[Pt]. The van der Waals surface area contributed by atoms with Gasteiger partial charge in [0.15, 0.2) is 0 Å². The van der Waals surface area contributed by atoms with E-state index in [0.29, 0.717) is 23.3 Å². The van der Waals surface area contributed by atoms with Gasteiger partial charge in [-0.2, -0.15) is 12.1 Å². The Morgan fingerprint density at radius 2 is 0.977 bits per heavy atom. The Balaban J connectivity index is 0.00000739. The number of pyridine rings is 1. The van der Waals surface area contributed by atoms with Crippen LogP contribution in [-0.4, -0.2) is 9.55 Å². The first-order valence-corrected chi connectivity index (χ1v) is 30.3. The summed E-state index contributed by atoms with van der Waals surface area (Å²) in [6, 6.07) is 93.2. The van der Waals surface area contributed by atoms with Crippen molar-refractivity contribution in [3.63, 3.8) is 0 Å². The Hall–Kier alpha value is -8.76. The van der Waals surface area contributed by atoms with Gasteiger partial charge < -0.3 is 19.1 Å². The summed E-state index contributed by atoms with van der Waals surface area (Å²) >= 11 is 0. The molecular weight excluding hydrogens is 1240 g/mol. The van der Waals surface area contributed by atoms with E-state index in [2.05, 4.69) is 327 Å². The summed E-state index contributed by atoms with van der Waals surface area (Å²) in [6.07, 6.45) is 1.93. The molecule has 5 nitrogen and oxygen atoms in total. The van der Waals surface area contributed by atoms with E-state index in [-0.39, 0.29) is 37.3 Å². The minimum Gasteiger partial charge on any atom is -0.509 e. The average molecular weight is 1310 g/mol. The van der Waals surface area contributed by atoms with Crippen LogP contribution in [-0.2, 0) is 37.3 Å². The first-order valence-electron chi connectivity index (χ1n) is 30.3. The Labute approximate surface area is 529 Å². The summed E-state index contributed by atoms with van der Waals surface area (Å²) in [4.78, 5) is 9.75. The molecule has 436 valence electrons. The van der Waals surface area contributed by atoms with Crippen LogP contribution in [0.4, 0.5) is 22.7 Å².